The molecule has 2 heterocycles. The van der Waals surface area contributed by atoms with E-state index in [0.717, 1.165) is 27.4 Å². The minimum atomic E-state index is -0.711. The van der Waals surface area contributed by atoms with Crippen LogP contribution in [0.3, 0.4) is 0 Å². The molecule has 0 spiro atoms. The van der Waals surface area contributed by atoms with Crippen LogP contribution in [0.1, 0.15) is 10.4 Å². The Kier molecular flexibility index (Phi) is 5.70. The fourth-order valence-electron chi connectivity index (χ4n) is 3.48. The van der Waals surface area contributed by atoms with Gasteiger partial charge in [-0.2, -0.15) is 0 Å². The van der Waals surface area contributed by atoms with Crippen molar-refractivity contribution in [1.29, 1.82) is 0 Å². The molecule has 5 rings (SSSR count). The van der Waals surface area contributed by atoms with Gasteiger partial charge in [0.25, 0.3) is 5.91 Å². The third-order valence-electron chi connectivity index (χ3n) is 5.01. The van der Waals surface area contributed by atoms with Gasteiger partial charge in [-0.1, -0.05) is 46.3 Å². The average molecular weight is 522 g/mol. The molecule has 0 radical (unpaired) electrons. The third kappa shape index (κ3) is 4.40. The molecular formula is C25H14BrF2N3OS. The fraction of sp³-hybridized carbons (Fsp3) is 0. The maximum Gasteiger partial charge on any atom is 0.258 e. The molecule has 0 aliphatic carbocycles. The smallest absolute Gasteiger partial charge is 0.258 e. The van der Waals surface area contributed by atoms with Crippen molar-refractivity contribution in [2.24, 2.45) is 0 Å². The predicted octanol–water partition coefficient (Wildman–Crippen LogP) is 7.32. The van der Waals surface area contributed by atoms with Crippen molar-refractivity contribution in [2.75, 3.05) is 5.32 Å². The summed E-state index contributed by atoms with van der Waals surface area (Å²) < 4.78 is 28.2. The van der Waals surface area contributed by atoms with Crippen LogP contribution >= 0.6 is 27.3 Å². The number of fused-ring (bicyclic) bond motifs is 1. The number of anilines is 1. The highest BCUT2D eigenvalue weighted by molar-refractivity contribution is 9.10. The van der Waals surface area contributed by atoms with Gasteiger partial charge in [0.1, 0.15) is 11.6 Å². The number of hydrogen-bond acceptors (Lipinski definition) is 4. The quantitative estimate of drug-likeness (QED) is 0.269. The normalized spacial score (nSPS) is 11.0. The Bertz CT molecular complexity index is 1520. The van der Waals surface area contributed by atoms with Gasteiger partial charge in [-0.05, 0) is 36.4 Å². The number of halogens is 3. The van der Waals surface area contributed by atoms with E-state index in [-0.39, 0.29) is 11.5 Å². The Hall–Kier alpha value is -3.49. The fourth-order valence-corrected chi connectivity index (χ4v) is 4.58. The van der Waals surface area contributed by atoms with E-state index in [1.54, 1.807) is 11.4 Å². The lowest BCUT2D eigenvalue weighted by molar-refractivity contribution is 0.102. The SMILES string of the molecule is O=C(Nc1nc(-c2ccc(F)cc2F)cs1)c1cc(-c2cccc(Br)c2)nc2ccccc12. The Morgan fingerprint density at radius 3 is 2.58 bits per heavy atom. The molecule has 0 aliphatic rings. The first kappa shape index (κ1) is 21.4. The van der Waals surface area contributed by atoms with Crippen molar-refractivity contribution in [3.05, 3.63) is 99.8 Å². The van der Waals surface area contributed by atoms with Gasteiger partial charge in [0.15, 0.2) is 5.13 Å². The van der Waals surface area contributed by atoms with Crippen molar-refractivity contribution in [3.63, 3.8) is 0 Å². The summed E-state index contributed by atoms with van der Waals surface area (Å²) in [6, 6.07) is 20.1. The molecule has 0 unspecified atom stereocenters. The van der Waals surface area contributed by atoms with Crippen LogP contribution in [-0.2, 0) is 0 Å². The Labute approximate surface area is 200 Å². The van der Waals surface area contributed by atoms with Gasteiger partial charge < -0.3 is 0 Å². The number of nitrogens with zero attached hydrogens (tertiary/aromatic N) is 2. The molecule has 3 aromatic carbocycles. The predicted molar refractivity (Wildman–Crippen MR) is 130 cm³/mol. The Morgan fingerprint density at radius 2 is 1.76 bits per heavy atom. The molecule has 33 heavy (non-hydrogen) atoms. The Balaban J connectivity index is 1.50. The molecule has 0 aliphatic heterocycles. The standard InChI is InChI=1S/C25H14BrF2N3OS/c26-15-5-3-4-14(10-15)22-12-19(17-6-1-2-7-21(17)29-22)24(32)31-25-30-23(13-33-25)18-9-8-16(27)11-20(18)28/h1-13H,(H,30,31,32). The molecule has 1 amide bonds. The maximum atomic E-state index is 14.1. The van der Waals surface area contributed by atoms with Crippen molar-refractivity contribution < 1.29 is 13.6 Å². The van der Waals surface area contributed by atoms with E-state index in [1.807, 2.05) is 48.5 Å². The summed E-state index contributed by atoms with van der Waals surface area (Å²) in [5.74, 6) is -1.73. The van der Waals surface area contributed by atoms with Gasteiger partial charge in [-0.15, -0.1) is 11.3 Å². The number of amides is 1. The number of aromatic nitrogens is 2. The van der Waals surface area contributed by atoms with Gasteiger partial charge >= 0.3 is 0 Å². The summed E-state index contributed by atoms with van der Waals surface area (Å²) in [6.07, 6.45) is 0. The van der Waals surface area contributed by atoms with Crippen LogP contribution in [0.2, 0.25) is 0 Å². The molecule has 0 bridgehead atoms. The zero-order chi connectivity index (χ0) is 22.9. The first-order valence-corrected chi connectivity index (χ1v) is 11.5. The van der Waals surface area contributed by atoms with E-state index in [2.05, 4.69) is 26.2 Å². The van der Waals surface area contributed by atoms with Crippen LogP contribution in [0.25, 0.3) is 33.4 Å². The molecule has 162 valence electrons. The zero-order valence-electron chi connectivity index (χ0n) is 16.9. The van der Waals surface area contributed by atoms with Crippen LogP contribution < -0.4 is 5.32 Å². The van der Waals surface area contributed by atoms with Crippen LogP contribution in [-0.4, -0.2) is 15.9 Å². The first-order valence-electron chi connectivity index (χ1n) is 9.86. The molecule has 0 saturated carbocycles. The molecule has 4 nitrogen and oxygen atoms in total. The van der Waals surface area contributed by atoms with Gasteiger partial charge in [-0.25, -0.2) is 18.7 Å². The lowest BCUT2D eigenvalue weighted by atomic mass is 10.0. The van der Waals surface area contributed by atoms with Crippen molar-refractivity contribution in [3.8, 4) is 22.5 Å². The number of rotatable bonds is 4. The second-order valence-corrected chi connectivity index (χ2v) is 8.97. The highest BCUT2D eigenvalue weighted by Gasteiger charge is 2.17. The molecule has 8 heteroatoms. The average Bonchev–Trinajstić information content (AvgIpc) is 3.26. The van der Waals surface area contributed by atoms with Crippen molar-refractivity contribution >= 4 is 49.2 Å². The lowest BCUT2D eigenvalue weighted by Crippen LogP contribution is -2.13. The number of hydrogen-bond donors (Lipinski definition) is 1. The molecular weight excluding hydrogens is 508 g/mol. The number of carbonyl (C=O) groups is 1. The summed E-state index contributed by atoms with van der Waals surface area (Å²) in [5.41, 5.74) is 3.15. The van der Waals surface area contributed by atoms with Gasteiger partial charge in [0.2, 0.25) is 0 Å². The number of carbonyl (C=O) groups excluding carboxylic acids is 1. The number of benzene rings is 3. The molecule has 5 aromatic rings. The number of pyridine rings is 1. The molecule has 0 saturated heterocycles. The van der Waals surface area contributed by atoms with Crippen LogP contribution in [0.15, 0.2) is 82.6 Å². The van der Waals surface area contributed by atoms with E-state index in [9.17, 15) is 13.6 Å². The molecule has 0 fully saturated rings. The summed E-state index contributed by atoms with van der Waals surface area (Å²) in [6.45, 7) is 0. The molecule has 0 atom stereocenters. The number of para-hydroxylation sites is 1. The van der Waals surface area contributed by atoms with E-state index in [1.165, 1.54) is 12.1 Å². The molecule has 2 aromatic heterocycles. The minimum Gasteiger partial charge on any atom is -0.298 e. The topological polar surface area (TPSA) is 54.9 Å². The van der Waals surface area contributed by atoms with Crippen LogP contribution in [0, 0.1) is 11.6 Å². The van der Waals surface area contributed by atoms with E-state index in [4.69, 9.17) is 4.98 Å². The second-order valence-electron chi connectivity index (χ2n) is 7.20. The van der Waals surface area contributed by atoms with Crippen LogP contribution in [0.4, 0.5) is 13.9 Å². The summed E-state index contributed by atoms with van der Waals surface area (Å²) >= 11 is 4.63. The van der Waals surface area contributed by atoms with Crippen LogP contribution in [0.5, 0.6) is 0 Å². The van der Waals surface area contributed by atoms with E-state index >= 15 is 0 Å². The minimum absolute atomic E-state index is 0.166. The van der Waals surface area contributed by atoms with Gasteiger partial charge in [0.05, 0.1) is 22.5 Å². The number of nitrogens with one attached hydrogen (secondary N) is 1. The highest BCUT2D eigenvalue weighted by Crippen LogP contribution is 2.30. The summed E-state index contributed by atoms with van der Waals surface area (Å²) in [7, 11) is 0. The summed E-state index contributed by atoms with van der Waals surface area (Å²) in [5, 5.41) is 5.42. The maximum absolute atomic E-state index is 14.1. The van der Waals surface area contributed by atoms with Gasteiger partial charge in [0, 0.05) is 32.4 Å². The highest BCUT2D eigenvalue weighted by atomic mass is 79.9. The van der Waals surface area contributed by atoms with E-state index < -0.39 is 11.6 Å². The Morgan fingerprint density at radius 1 is 0.909 bits per heavy atom. The monoisotopic (exact) mass is 521 g/mol. The summed E-state index contributed by atoms with van der Waals surface area (Å²) in [4.78, 5) is 22.3. The zero-order valence-corrected chi connectivity index (χ0v) is 19.3. The number of thiazole rings is 1. The first-order chi connectivity index (χ1) is 16.0. The second kappa shape index (κ2) is 8.80. The van der Waals surface area contributed by atoms with Crippen molar-refractivity contribution in [1.82, 2.24) is 9.97 Å². The van der Waals surface area contributed by atoms with Crippen molar-refractivity contribution in [2.45, 2.75) is 0 Å². The third-order valence-corrected chi connectivity index (χ3v) is 6.26. The van der Waals surface area contributed by atoms with E-state index in [0.29, 0.717) is 33.0 Å². The largest absolute Gasteiger partial charge is 0.298 e. The lowest BCUT2D eigenvalue weighted by Gasteiger charge is -2.10. The van der Waals surface area contributed by atoms with Gasteiger partial charge in [-0.3, -0.25) is 10.1 Å². The molecule has 1 N–H and O–H groups in total.